The van der Waals surface area contributed by atoms with Gasteiger partial charge in [-0.2, -0.15) is 0 Å². The van der Waals surface area contributed by atoms with E-state index in [1.807, 2.05) is 0 Å². The van der Waals surface area contributed by atoms with Gasteiger partial charge < -0.3 is 10.2 Å². The maximum absolute atomic E-state index is 9.51. The Labute approximate surface area is 88.3 Å². The highest BCUT2D eigenvalue weighted by atomic mass is 16.3. The summed E-state index contributed by atoms with van der Waals surface area (Å²) in [6, 6.07) is 0. The minimum atomic E-state index is -0.858. The smallest absolute Gasteiger partial charge is 0.0849 e. The van der Waals surface area contributed by atoms with Crippen LogP contribution in [0.1, 0.15) is 65.2 Å². The van der Waals surface area contributed by atoms with E-state index < -0.39 is 5.60 Å². The third-order valence-electron chi connectivity index (χ3n) is 2.66. The lowest BCUT2D eigenvalue weighted by atomic mass is 9.98. The van der Waals surface area contributed by atoms with Crippen LogP contribution < -0.4 is 0 Å². The van der Waals surface area contributed by atoms with Gasteiger partial charge in [-0.3, -0.25) is 0 Å². The molecule has 0 aromatic rings. The molecule has 0 heterocycles. The van der Waals surface area contributed by atoms with Gasteiger partial charge in [-0.05, 0) is 13.3 Å². The largest absolute Gasteiger partial charge is 0.393 e. The molecule has 2 heteroatoms. The molecule has 0 aliphatic rings. The summed E-state index contributed by atoms with van der Waals surface area (Å²) in [5.41, 5.74) is -0.858. The third-order valence-corrected chi connectivity index (χ3v) is 2.66. The summed E-state index contributed by atoms with van der Waals surface area (Å²) in [6.45, 7) is 3.80. The molecule has 86 valence electrons. The standard InChI is InChI=1S/C12H26O2/c1-3-4-5-6-7-8-9-10-12(2,14)11-13/h13-14H,3-11H2,1-2H3/t12-/m0/s1. The highest BCUT2D eigenvalue weighted by molar-refractivity contribution is 4.70. The molecule has 14 heavy (non-hydrogen) atoms. The molecule has 0 saturated carbocycles. The summed E-state index contributed by atoms with van der Waals surface area (Å²) >= 11 is 0. The van der Waals surface area contributed by atoms with E-state index >= 15 is 0 Å². The second-order valence-corrected chi connectivity index (χ2v) is 4.53. The number of hydrogen-bond acceptors (Lipinski definition) is 2. The van der Waals surface area contributed by atoms with Crippen LogP contribution in [0.3, 0.4) is 0 Å². The topological polar surface area (TPSA) is 40.5 Å². The molecule has 1 atom stereocenters. The highest BCUT2D eigenvalue weighted by Gasteiger charge is 2.17. The number of aliphatic hydroxyl groups excluding tert-OH is 1. The number of hydrogen-bond donors (Lipinski definition) is 2. The van der Waals surface area contributed by atoms with Gasteiger partial charge in [-0.1, -0.05) is 51.9 Å². The summed E-state index contributed by atoms with van der Waals surface area (Å²) in [5.74, 6) is 0. The molecule has 0 saturated heterocycles. The number of unbranched alkanes of at least 4 members (excludes halogenated alkanes) is 6. The molecule has 2 N–H and O–H groups in total. The Morgan fingerprint density at radius 3 is 1.93 bits per heavy atom. The van der Waals surface area contributed by atoms with Crippen molar-refractivity contribution in [3.8, 4) is 0 Å². The van der Waals surface area contributed by atoms with Crippen molar-refractivity contribution in [3.05, 3.63) is 0 Å². The Kier molecular flexibility index (Phi) is 8.20. The summed E-state index contributed by atoms with van der Waals surface area (Å²) in [5, 5.41) is 18.3. The van der Waals surface area contributed by atoms with Crippen LogP contribution in [0.2, 0.25) is 0 Å². The van der Waals surface area contributed by atoms with E-state index in [1.54, 1.807) is 6.92 Å². The third kappa shape index (κ3) is 8.52. The van der Waals surface area contributed by atoms with Crippen LogP contribution in [0.4, 0.5) is 0 Å². The monoisotopic (exact) mass is 202 g/mol. The normalized spacial score (nSPS) is 15.4. The molecule has 0 radical (unpaired) electrons. The van der Waals surface area contributed by atoms with Gasteiger partial charge in [0.15, 0.2) is 0 Å². The molecular formula is C12H26O2. The second-order valence-electron chi connectivity index (χ2n) is 4.53. The first-order valence-corrected chi connectivity index (χ1v) is 5.95. The van der Waals surface area contributed by atoms with E-state index in [2.05, 4.69) is 6.92 Å². The van der Waals surface area contributed by atoms with Crippen LogP contribution in [0.25, 0.3) is 0 Å². The Bertz CT molecular complexity index is 121. The van der Waals surface area contributed by atoms with Crippen molar-refractivity contribution in [2.45, 2.75) is 70.8 Å². The molecule has 0 bridgehead atoms. The van der Waals surface area contributed by atoms with E-state index in [0.717, 1.165) is 12.8 Å². The fourth-order valence-corrected chi connectivity index (χ4v) is 1.54. The molecular weight excluding hydrogens is 176 g/mol. The van der Waals surface area contributed by atoms with Gasteiger partial charge in [0.2, 0.25) is 0 Å². The average molecular weight is 202 g/mol. The van der Waals surface area contributed by atoms with Gasteiger partial charge in [-0.25, -0.2) is 0 Å². The fourth-order valence-electron chi connectivity index (χ4n) is 1.54. The molecule has 0 spiro atoms. The van der Waals surface area contributed by atoms with E-state index in [1.165, 1.54) is 38.5 Å². The first-order chi connectivity index (χ1) is 6.62. The van der Waals surface area contributed by atoms with Crippen LogP contribution >= 0.6 is 0 Å². The van der Waals surface area contributed by atoms with Gasteiger partial charge >= 0.3 is 0 Å². The first kappa shape index (κ1) is 13.9. The fraction of sp³-hybridized carbons (Fsp3) is 1.00. The van der Waals surface area contributed by atoms with Crippen molar-refractivity contribution in [2.75, 3.05) is 6.61 Å². The lowest BCUT2D eigenvalue weighted by molar-refractivity contribution is -0.00695. The van der Waals surface area contributed by atoms with Gasteiger partial charge in [0.05, 0.1) is 12.2 Å². The minimum Gasteiger partial charge on any atom is -0.393 e. The summed E-state index contributed by atoms with van der Waals surface area (Å²) < 4.78 is 0. The molecule has 0 amide bonds. The molecule has 0 aliphatic heterocycles. The number of aliphatic hydroxyl groups is 2. The maximum atomic E-state index is 9.51. The zero-order valence-electron chi connectivity index (χ0n) is 9.76. The Morgan fingerprint density at radius 2 is 1.43 bits per heavy atom. The van der Waals surface area contributed by atoms with Gasteiger partial charge in [0.1, 0.15) is 0 Å². The van der Waals surface area contributed by atoms with Crippen molar-refractivity contribution < 1.29 is 10.2 Å². The minimum absolute atomic E-state index is 0.122. The van der Waals surface area contributed by atoms with Crippen LogP contribution in [0.5, 0.6) is 0 Å². The van der Waals surface area contributed by atoms with Crippen LogP contribution in [-0.4, -0.2) is 22.4 Å². The van der Waals surface area contributed by atoms with Crippen LogP contribution in [0.15, 0.2) is 0 Å². The van der Waals surface area contributed by atoms with Gasteiger partial charge in [-0.15, -0.1) is 0 Å². The molecule has 0 aromatic heterocycles. The van der Waals surface area contributed by atoms with Gasteiger partial charge in [0.25, 0.3) is 0 Å². The van der Waals surface area contributed by atoms with E-state index in [4.69, 9.17) is 5.11 Å². The van der Waals surface area contributed by atoms with Crippen molar-refractivity contribution in [3.63, 3.8) is 0 Å². The predicted molar refractivity (Wildman–Crippen MR) is 60.3 cm³/mol. The average Bonchev–Trinajstić information content (AvgIpc) is 2.16. The lowest BCUT2D eigenvalue weighted by Gasteiger charge is -2.19. The van der Waals surface area contributed by atoms with E-state index in [9.17, 15) is 5.11 Å². The van der Waals surface area contributed by atoms with E-state index in [-0.39, 0.29) is 6.61 Å². The molecule has 0 unspecified atom stereocenters. The summed E-state index contributed by atoms with van der Waals surface area (Å²) in [7, 11) is 0. The molecule has 0 fully saturated rings. The van der Waals surface area contributed by atoms with Crippen LogP contribution in [0, 0.1) is 0 Å². The second kappa shape index (κ2) is 8.25. The molecule has 2 nitrogen and oxygen atoms in total. The van der Waals surface area contributed by atoms with Gasteiger partial charge in [0, 0.05) is 0 Å². The van der Waals surface area contributed by atoms with Crippen molar-refractivity contribution in [1.29, 1.82) is 0 Å². The Balaban J connectivity index is 3.13. The highest BCUT2D eigenvalue weighted by Crippen LogP contribution is 2.15. The van der Waals surface area contributed by atoms with E-state index in [0.29, 0.717) is 0 Å². The zero-order chi connectivity index (χ0) is 10.9. The molecule has 0 aliphatic carbocycles. The summed E-state index contributed by atoms with van der Waals surface area (Å²) in [4.78, 5) is 0. The van der Waals surface area contributed by atoms with Crippen molar-refractivity contribution >= 4 is 0 Å². The predicted octanol–water partition coefficient (Wildman–Crippen LogP) is 2.87. The maximum Gasteiger partial charge on any atom is 0.0849 e. The Morgan fingerprint density at radius 1 is 0.929 bits per heavy atom. The van der Waals surface area contributed by atoms with Crippen LogP contribution in [-0.2, 0) is 0 Å². The quantitative estimate of drug-likeness (QED) is 0.564. The summed E-state index contributed by atoms with van der Waals surface area (Å²) in [6.07, 6.45) is 9.48. The SMILES string of the molecule is CCCCCCCCC[C@](C)(O)CO. The Hall–Kier alpha value is -0.0800. The number of rotatable bonds is 9. The lowest BCUT2D eigenvalue weighted by Crippen LogP contribution is -2.28. The first-order valence-electron chi connectivity index (χ1n) is 5.95. The zero-order valence-corrected chi connectivity index (χ0v) is 9.76. The van der Waals surface area contributed by atoms with Crippen molar-refractivity contribution in [1.82, 2.24) is 0 Å². The molecule has 0 rings (SSSR count). The molecule has 0 aromatic carbocycles. The van der Waals surface area contributed by atoms with Crippen molar-refractivity contribution in [2.24, 2.45) is 0 Å².